The third-order valence-corrected chi connectivity index (χ3v) is 10.3. The van der Waals surface area contributed by atoms with Gasteiger partial charge in [0.15, 0.2) is 0 Å². The number of aliphatic carboxylic acids is 3. The van der Waals surface area contributed by atoms with Gasteiger partial charge in [-0.15, -0.1) is 0 Å². The Labute approximate surface area is 389 Å². The molecule has 0 spiro atoms. The summed E-state index contributed by atoms with van der Waals surface area (Å²) in [6.45, 7) is 2.56. The van der Waals surface area contributed by atoms with Crippen molar-refractivity contribution >= 4 is 47.4 Å². The summed E-state index contributed by atoms with van der Waals surface area (Å²) in [5.74, 6) is -5.49. The molecule has 21 heteroatoms. The van der Waals surface area contributed by atoms with Crippen LogP contribution in [0.2, 0.25) is 0 Å². The molecule has 382 valence electrons. The number of hydrogen-bond acceptors (Lipinski definition) is 13. The first-order valence-electron chi connectivity index (χ1n) is 23.8. The molecule has 0 bridgehead atoms. The molecule has 0 aromatic carbocycles. The zero-order valence-corrected chi connectivity index (χ0v) is 39.3. The van der Waals surface area contributed by atoms with Gasteiger partial charge in [0.25, 0.3) is 0 Å². The molecule has 0 unspecified atom stereocenters. The molecule has 0 aliphatic carbocycles. The summed E-state index contributed by atoms with van der Waals surface area (Å²) >= 11 is 0. The predicted molar refractivity (Wildman–Crippen MR) is 242 cm³/mol. The van der Waals surface area contributed by atoms with Crippen LogP contribution < -0.4 is 26.6 Å². The molecule has 0 aromatic rings. The minimum Gasteiger partial charge on any atom is -0.481 e. The number of ether oxygens (including phenoxy) is 4. The Morgan fingerprint density at radius 1 is 0.424 bits per heavy atom. The van der Waals surface area contributed by atoms with E-state index in [-0.39, 0.29) is 115 Å². The van der Waals surface area contributed by atoms with Crippen molar-refractivity contribution in [3.8, 4) is 0 Å². The summed E-state index contributed by atoms with van der Waals surface area (Å²) in [7, 11) is 0. The summed E-state index contributed by atoms with van der Waals surface area (Å²) in [5, 5.41) is 48.9. The highest BCUT2D eigenvalue weighted by Gasteiger charge is 2.22. The number of carboxylic acid groups (broad SMARTS) is 3. The van der Waals surface area contributed by atoms with Gasteiger partial charge in [0, 0.05) is 44.8 Å². The van der Waals surface area contributed by atoms with E-state index in [1.54, 1.807) is 6.92 Å². The number of rotatable bonds is 47. The van der Waals surface area contributed by atoms with E-state index >= 15 is 0 Å². The maximum atomic E-state index is 12.3. The molecular weight excluding hydrogens is 867 g/mol. The average Bonchev–Trinajstić information content (AvgIpc) is 3.27. The van der Waals surface area contributed by atoms with E-state index < -0.39 is 48.4 Å². The van der Waals surface area contributed by atoms with Gasteiger partial charge in [-0.1, -0.05) is 90.4 Å². The minimum absolute atomic E-state index is 0.0393. The van der Waals surface area contributed by atoms with Crippen molar-refractivity contribution in [3.63, 3.8) is 0 Å². The lowest BCUT2D eigenvalue weighted by Gasteiger charge is -2.16. The van der Waals surface area contributed by atoms with Crippen LogP contribution >= 0.6 is 0 Å². The molecule has 0 saturated heterocycles. The standard InChI is InChI=1S/C45H81N5O16/c1-35(43(58)50-37(32-51)45(61)62)18-16-17-23-46-40(54)33-65-30-29-64-27-25-48-41(55)34-66-31-28-63-26-24-47-38(52)22-21-36(44(59)60)49-39(53)19-14-12-10-8-6-4-2-3-5-7-9-11-13-15-20-42(56)57/h35-37,51H,2-34H2,1H3,(H,46,54)(H,47,52)(H,48,55)(H,49,53)(H,50,58)(H,56,57)(H,59,60)(H,61,62)/t35-,36+,37-/m0/s1. The fraction of sp³-hybridized carbons (Fsp3) is 0.822. The summed E-state index contributed by atoms with van der Waals surface area (Å²) < 4.78 is 21.3. The molecule has 21 nitrogen and oxygen atoms in total. The molecule has 0 fully saturated rings. The summed E-state index contributed by atoms with van der Waals surface area (Å²) in [6.07, 6.45) is 17.1. The second kappa shape index (κ2) is 43.1. The average molecular weight is 948 g/mol. The predicted octanol–water partition coefficient (Wildman–Crippen LogP) is 2.45. The molecule has 0 aliphatic heterocycles. The highest BCUT2D eigenvalue weighted by molar-refractivity contribution is 5.85. The van der Waals surface area contributed by atoms with Crippen LogP contribution in [-0.2, 0) is 57.3 Å². The summed E-state index contributed by atoms with van der Waals surface area (Å²) in [6, 6.07) is -2.49. The number of hydrogen-bond donors (Lipinski definition) is 9. The lowest BCUT2D eigenvalue weighted by atomic mass is 10.0. The fourth-order valence-electron chi connectivity index (χ4n) is 6.40. The van der Waals surface area contributed by atoms with Gasteiger partial charge >= 0.3 is 17.9 Å². The Hall–Kier alpha value is -4.44. The van der Waals surface area contributed by atoms with E-state index in [4.69, 9.17) is 34.3 Å². The van der Waals surface area contributed by atoms with Crippen molar-refractivity contribution in [1.82, 2.24) is 26.6 Å². The molecule has 0 aromatic heterocycles. The minimum atomic E-state index is -1.34. The molecule has 0 aliphatic rings. The summed E-state index contributed by atoms with van der Waals surface area (Å²) in [4.78, 5) is 93.5. The van der Waals surface area contributed by atoms with Gasteiger partial charge in [0.2, 0.25) is 29.5 Å². The number of carboxylic acids is 3. The van der Waals surface area contributed by atoms with Crippen LogP contribution in [0.5, 0.6) is 0 Å². The normalized spacial score (nSPS) is 12.4. The van der Waals surface area contributed by atoms with Gasteiger partial charge in [-0.2, -0.15) is 0 Å². The van der Waals surface area contributed by atoms with E-state index in [0.717, 1.165) is 44.9 Å². The Morgan fingerprint density at radius 3 is 1.33 bits per heavy atom. The van der Waals surface area contributed by atoms with E-state index in [0.29, 0.717) is 32.2 Å². The van der Waals surface area contributed by atoms with Crippen molar-refractivity contribution in [3.05, 3.63) is 0 Å². The van der Waals surface area contributed by atoms with E-state index in [1.165, 1.54) is 38.5 Å². The van der Waals surface area contributed by atoms with Crippen LogP contribution in [0, 0.1) is 5.92 Å². The number of carbonyl (C=O) groups excluding carboxylic acids is 5. The maximum absolute atomic E-state index is 12.3. The monoisotopic (exact) mass is 948 g/mol. The molecule has 3 atom stereocenters. The van der Waals surface area contributed by atoms with Crippen molar-refractivity contribution in [2.75, 3.05) is 79.1 Å². The first-order valence-corrected chi connectivity index (χ1v) is 23.8. The van der Waals surface area contributed by atoms with E-state index in [9.17, 15) is 43.5 Å². The molecule has 0 saturated carbocycles. The quantitative estimate of drug-likeness (QED) is 0.0396. The largest absolute Gasteiger partial charge is 0.481 e. The zero-order valence-electron chi connectivity index (χ0n) is 39.3. The van der Waals surface area contributed by atoms with Crippen LogP contribution in [0.1, 0.15) is 142 Å². The van der Waals surface area contributed by atoms with Gasteiger partial charge < -0.3 is 66.0 Å². The first kappa shape index (κ1) is 61.6. The van der Waals surface area contributed by atoms with Crippen molar-refractivity contribution in [2.24, 2.45) is 5.92 Å². The summed E-state index contributed by atoms with van der Waals surface area (Å²) in [5.41, 5.74) is 0. The highest BCUT2D eigenvalue weighted by Crippen LogP contribution is 2.14. The Morgan fingerprint density at radius 2 is 0.864 bits per heavy atom. The van der Waals surface area contributed by atoms with E-state index in [1.807, 2.05) is 0 Å². The van der Waals surface area contributed by atoms with Gasteiger partial charge in [-0.05, 0) is 32.1 Å². The molecule has 0 heterocycles. The number of unbranched alkanes of at least 4 members (excludes halogenated alkanes) is 14. The smallest absolute Gasteiger partial charge is 0.328 e. The van der Waals surface area contributed by atoms with Crippen molar-refractivity contribution in [2.45, 2.75) is 154 Å². The number of amides is 5. The Bertz CT molecular complexity index is 1360. The zero-order chi connectivity index (χ0) is 49.0. The van der Waals surface area contributed by atoms with E-state index in [2.05, 4.69) is 26.6 Å². The third kappa shape index (κ3) is 39.9. The molecular formula is C45H81N5O16. The Balaban J connectivity index is 3.69. The van der Waals surface area contributed by atoms with Gasteiger partial charge in [0.05, 0.1) is 46.2 Å². The maximum Gasteiger partial charge on any atom is 0.328 e. The van der Waals surface area contributed by atoms with Crippen molar-refractivity contribution in [1.29, 1.82) is 0 Å². The SMILES string of the molecule is C[C@@H](CCCCNC(=O)COCCOCCNC(=O)COCCOCCNC(=O)CC[C@@H](NC(=O)CCCCCCCCCCCCCCCCC(=O)O)C(=O)O)C(=O)N[C@@H](CO)C(=O)O. The highest BCUT2D eigenvalue weighted by atomic mass is 16.5. The van der Waals surface area contributed by atoms with Gasteiger partial charge in [0.1, 0.15) is 25.3 Å². The molecule has 0 rings (SSSR count). The number of aliphatic hydroxyl groups excluding tert-OH is 1. The second-order valence-electron chi connectivity index (χ2n) is 16.2. The number of carbonyl (C=O) groups is 8. The molecule has 66 heavy (non-hydrogen) atoms. The second-order valence-corrected chi connectivity index (χ2v) is 16.2. The molecule has 9 N–H and O–H groups in total. The molecule has 0 radical (unpaired) electrons. The molecule has 5 amide bonds. The van der Waals surface area contributed by atoms with Crippen LogP contribution in [0.25, 0.3) is 0 Å². The fourth-order valence-corrected chi connectivity index (χ4v) is 6.40. The van der Waals surface area contributed by atoms with Crippen LogP contribution in [0.4, 0.5) is 0 Å². The van der Waals surface area contributed by atoms with Crippen LogP contribution in [0.3, 0.4) is 0 Å². The topological polar surface area (TPSA) is 315 Å². The van der Waals surface area contributed by atoms with Crippen LogP contribution in [-0.4, -0.2) is 159 Å². The van der Waals surface area contributed by atoms with Crippen molar-refractivity contribution < 1.29 is 77.7 Å². The van der Waals surface area contributed by atoms with Crippen LogP contribution in [0.15, 0.2) is 0 Å². The van der Waals surface area contributed by atoms with Gasteiger partial charge in [-0.25, -0.2) is 9.59 Å². The lowest BCUT2D eigenvalue weighted by Crippen LogP contribution is -2.45. The Kier molecular flexibility index (Phi) is 40.2. The third-order valence-electron chi connectivity index (χ3n) is 10.3. The number of aliphatic hydroxyl groups is 1. The van der Waals surface area contributed by atoms with Gasteiger partial charge in [-0.3, -0.25) is 28.8 Å². The lowest BCUT2D eigenvalue weighted by molar-refractivity contribution is -0.143. The number of nitrogens with one attached hydrogen (secondary N) is 5. The first-order chi connectivity index (χ1) is 31.8.